The van der Waals surface area contributed by atoms with Crippen LogP contribution in [0.15, 0.2) is 0 Å². The summed E-state index contributed by atoms with van der Waals surface area (Å²) >= 11 is 0. The van der Waals surface area contributed by atoms with Gasteiger partial charge < -0.3 is 4.74 Å². The minimum Gasteiger partial charge on any atom is -0.385 e. The number of hydrogen-bond acceptors (Lipinski definition) is 4. The van der Waals surface area contributed by atoms with E-state index in [9.17, 15) is 13.2 Å². The number of sulfone groups is 1. The second-order valence-electron chi connectivity index (χ2n) is 3.03. The molecule has 0 saturated carbocycles. The van der Waals surface area contributed by atoms with Crippen molar-refractivity contribution in [2.75, 3.05) is 20.0 Å². The summed E-state index contributed by atoms with van der Waals surface area (Å²) in [5.41, 5.74) is 0. The Labute approximate surface area is 79.2 Å². The summed E-state index contributed by atoms with van der Waals surface area (Å²) < 4.78 is 26.7. The van der Waals surface area contributed by atoms with Crippen LogP contribution in [0.25, 0.3) is 0 Å². The van der Waals surface area contributed by atoms with Gasteiger partial charge in [0.1, 0.15) is 5.25 Å². The maximum absolute atomic E-state index is 11.2. The average molecular weight is 208 g/mol. The minimum atomic E-state index is -3.23. The van der Waals surface area contributed by atoms with Crippen LogP contribution in [0.5, 0.6) is 0 Å². The monoisotopic (exact) mass is 208 g/mol. The molecule has 13 heavy (non-hydrogen) atoms. The van der Waals surface area contributed by atoms with Gasteiger partial charge in [0.05, 0.1) is 0 Å². The molecule has 78 valence electrons. The highest BCUT2D eigenvalue weighted by Gasteiger charge is 2.22. The molecule has 0 aromatic rings. The molecule has 0 amide bonds. The number of methoxy groups -OCH3 is 1. The Morgan fingerprint density at radius 3 is 2.38 bits per heavy atom. The Hall–Kier alpha value is -0.420. The minimum absolute atomic E-state index is 0.237. The van der Waals surface area contributed by atoms with Gasteiger partial charge in [-0.05, 0) is 13.3 Å². The Morgan fingerprint density at radius 2 is 2.00 bits per heavy atom. The fourth-order valence-corrected chi connectivity index (χ4v) is 1.43. The van der Waals surface area contributed by atoms with E-state index in [2.05, 4.69) is 0 Å². The van der Waals surface area contributed by atoms with Gasteiger partial charge in [0.2, 0.25) is 0 Å². The third-order valence-corrected chi connectivity index (χ3v) is 3.41. The summed E-state index contributed by atoms with van der Waals surface area (Å²) in [6, 6.07) is 0. The number of Topliss-reactive ketones (excluding diaryl/α,β-unsaturated/α-hetero) is 1. The SMILES string of the molecule is COCCCC(=O)C(C)S(C)(=O)=O. The smallest absolute Gasteiger partial charge is 0.157 e. The lowest BCUT2D eigenvalue weighted by Gasteiger charge is -2.07. The molecule has 0 rings (SSSR count). The van der Waals surface area contributed by atoms with Crippen molar-refractivity contribution in [2.24, 2.45) is 0 Å². The van der Waals surface area contributed by atoms with E-state index in [0.717, 1.165) is 6.26 Å². The highest BCUT2D eigenvalue weighted by molar-refractivity contribution is 7.92. The molecule has 0 fully saturated rings. The normalized spacial score (nSPS) is 14.1. The molecule has 0 aromatic heterocycles. The van der Waals surface area contributed by atoms with E-state index < -0.39 is 15.1 Å². The Bertz CT molecular complexity index is 255. The Morgan fingerprint density at radius 1 is 1.46 bits per heavy atom. The molecule has 0 aromatic carbocycles. The number of rotatable bonds is 6. The first-order chi connectivity index (χ1) is 5.89. The van der Waals surface area contributed by atoms with Gasteiger partial charge in [-0.2, -0.15) is 0 Å². The standard InChI is InChI=1S/C8H16O4S/c1-7(13(3,10)11)8(9)5-4-6-12-2/h7H,4-6H2,1-3H3. The summed E-state index contributed by atoms with van der Waals surface area (Å²) in [5, 5.41) is -0.885. The van der Waals surface area contributed by atoms with Gasteiger partial charge in [-0.15, -0.1) is 0 Å². The number of ketones is 1. The van der Waals surface area contributed by atoms with E-state index in [0.29, 0.717) is 13.0 Å². The van der Waals surface area contributed by atoms with Crippen LogP contribution in [-0.2, 0) is 19.4 Å². The lowest BCUT2D eigenvalue weighted by Crippen LogP contribution is -2.26. The molecule has 1 unspecified atom stereocenters. The molecule has 0 radical (unpaired) electrons. The number of ether oxygens (including phenoxy) is 1. The van der Waals surface area contributed by atoms with Crippen molar-refractivity contribution in [1.82, 2.24) is 0 Å². The maximum atomic E-state index is 11.2. The van der Waals surface area contributed by atoms with Crippen LogP contribution >= 0.6 is 0 Å². The summed E-state index contributed by atoms with van der Waals surface area (Å²) in [6.07, 6.45) is 1.92. The van der Waals surface area contributed by atoms with Crippen molar-refractivity contribution in [1.29, 1.82) is 0 Å². The quantitative estimate of drug-likeness (QED) is 0.593. The van der Waals surface area contributed by atoms with Crippen LogP contribution in [0.4, 0.5) is 0 Å². The molecule has 1 atom stereocenters. The molecule has 0 bridgehead atoms. The van der Waals surface area contributed by atoms with Gasteiger partial charge in [-0.3, -0.25) is 4.79 Å². The van der Waals surface area contributed by atoms with Crippen molar-refractivity contribution in [3.8, 4) is 0 Å². The molecule has 0 aliphatic rings. The van der Waals surface area contributed by atoms with E-state index in [1.54, 1.807) is 7.11 Å². The van der Waals surface area contributed by atoms with E-state index in [1.807, 2.05) is 0 Å². The second-order valence-corrected chi connectivity index (χ2v) is 5.40. The largest absolute Gasteiger partial charge is 0.385 e. The lowest BCUT2D eigenvalue weighted by atomic mass is 10.2. The molecule has 4 nitrogen and oxygen atoms in total. The van der Waals surface area contributed by atoms with Gasteiger partial charge in [-0.1, -0.05) is 0 Å². The van der Waals surface area contributed by atoms with Crippen LogP contribution in [-0.4, -0.2) is 39.4 Å². The first-order valence-electron chi connectivity index (χ1n) is 4.10. The van der Waals surface area contributed by atoms with Gasteiger partial charge >= 0.3 is 0 Å². The van der Waals surface area contributed by atoms with Crippen LogP contribution in [0.3, 0.4) is 0 Å². The molecule has 0 aliphatic carbocycles. The molecule has 0 N–H and O–H groups in total. The van der Waals surface area contributed by atoms with Gasteiger partial charge in [0, 0.05) is 26.4 Å². The molecule has 0 spiro atoms. The fourth-order valence-electron chi connectivity index (χ4n) is 0.833. The van der Waals surface area contributed by atoms with Crippen LogP contribution in [0.1, 0.15) is 19.8 Å². The van der Waals surface area contributed by atoms with Gasteiger partial charge in [0.25, 0.3) is 0 Å². The van der Waals surface area contributed by atoms with E-state index >= 15 is 0 Å². The van der Waals surface area contributed by atoms with Crippen molar-refractivity contribution < 1.29 is 17.9 Å². The first kappa shape index (κ1) is 12.6. The predicted octanol–water partition coefficient (Wildman–Crippen LogP) is 0.415. The van der Waals surface area contributed by atoms with E-state index in [4.69, 9.17) is 4.74 Å². The molecular weight excluding hydrogens is 192 g/mol. The Kier molecular flexibility index (Phi) is 5.17. The third kappa shape index (κ3) is 5.00. The van der Waals surface area contributed by atoms with Crippen molar-refractivity contribution in [3.63, 3.8) is 0 Å². The molecular formula is C8H16O4S. The van der Waals surface area contributed by atoms with Crippen molar-refractivity contribution in [2.45, 2.75) is 25.0 Å². The Balaban J connectivity index is 3.99. The topological polar surface area (TPSA) is 60.4 Å². The van der Waals surface area contributed by atoms with Crippen molar-refractivity contribution >= 4 is 15.6 Å². The van der Waals surface area contributed by atoms with Gasteiger partial charge in [-0.25, -0.2) is 8.42 Å². The summed E-state index contributed by atoms with van der Waals surface area (Å²) in [6.45, 7) is 1.91. The maximum Gasteiger partial charge on any atom is 0.157 e. The number of carbonyl (C=O) groups excluding carboxylic acids is 1. The average Bonchev–Trinajstić information content (AvgIpc) is 2.01. The number of carbonyl (C=O) groups is 1. The zero-order valence-corrected chi connectivity index (χ0v) is 9.06. The fraction of sp³-hybridized carbons (Fsp3) is 0.875. The first-order valence-corrected chi connectivity index (χ1v) is 6.05. The zero-order valence-electron chi connectivity index (χ0n) is 8.24. The highest BCUT2D eigenvalue weighted by Crippen LogP contribution is 2.04. The summed E-state index contributed by atoms with van der Waals surface area (Å²) in [5.74, 6) is -0.237. The van der Waals surface area contributed by atoms with E-state index in [1.165, 1.54) is 6.92 Å². The number of hydrogen-bond donors (Lipinski definition) is 0. The highest BCUT2D eigenvalue weighted by atomic mass is 32.2. The van der Waals surface area contributed by atoms with Crippen molar-refractivity contribution in [3.05, 3.63) is 0 Å². The summed E-state index contributed by atoms with van der Waals surface area (Å²) in [4.78, 5) is 11.2. The predicted molar refractivity (Wildman–Crippen MR) is 50.4 cm³/mol. The molecule has 0 saturated heterocycles. The second kappa shape index (κ2) is 5.34. The van der Waals surface area contributed by atoms with Crippen LogP contribution in [0.2, 0.25) is 0 Å². The molecule has 5 heteroatoms. The lowest BCUT2D eigenvalue weighted by molar-refractivity contribution is -0.118. The third-order valence-electron chi connectivity index (χ3n) is 1.87. The van der Waals surface area contributed by atoms with Gasteiger partial charge in [0.15, 0.2) is 15.6 Å². The summed E-state index contributed by atoms with van der Waals surface area (Å²) in [7, 11) is -1.68. The van der Waals surface area contributed by atoms with Crippen LogP contribution in [0, 0.1) is 0 Å². The van der Waals surface area contributed by atoms with Crippen LogP contribution < -0.4 is 0 Å². The molecule has 0 heterocycles. The molecule has 0 aliphatic heterocycles. The van der Waals surface area contributed by atoms with E-state index in [-0.39, 0.29) is 12.2 Å². The zero-order chi connectivity index (χ0) is 10.5.